The van der Waals surface area contributed by atoms with Crippen molar-refractivity contribution >= 4 is 17.8 Å². The Labute approximate surface area is 255 Å². The van der Waals surface area contributed by atoms with Crippen molar-refractivity contribution < 1.29 is 38.1 Å². The largest absolute Gasteiger partial charge is 0.493 e. The number of esters is 1. The molecule has 1 fully saturated rings. The maximum atomic E-state index is 14.0. The van der Waals surface area contributed by atoms with E-state index in [-0.39, 0.29) is 36.6 Å². The molecule has 3 rings (SSSR count). The number of carbonyl (C=O) groups is 3. The van der Waals surface area contributed by atoms with Crippen LogP contribution in [0, 0.1) is 23.7 Å². The molecule has 0 bridgehead atoms. The fraction of sp³-hybridized carbons (Fsp3) is 0.559. The van der Waals surface area contributed by atoms with E-state index in [0.717, 1.165) is 5.56 Å². The second kappa shape index (κ2) is 16.9. The van der Waals surface area contributed by atoms with E-state index in [4.69, 9.17) is 23.7 Å². The number of amides is 1. The highest BCUT2D eigenvalue weighted by Gasteiger charge is 2.42. The van der Waals surface area contributed by atoms with Crippen molar-refractivity contribution in [2.45, 2.75) is 72.1 Å². The molecule has 0 spiro atoms. The van der Waals surface area contributed by atoms with Crippen LogP contribution < -0.4 is 14.8 Å². The van der Waals surface area contributed by atoms with E-state index < -0.39 is 24.2 Å². The van der Waals surface area contributed by atoms with E-state index in [9.17, 15) is 14.4 Å². The SMILES string of the molecule is COCCCOc1cc(C(=O)[C@@H](C[C@H](NC(=O)OCc2ccccc2)[C@@H]2CC(CC(C)C)C(=O)O2)C(C)C)ccc1OC. The molecule has 1 amide bonds. The molecule has 1 heterocycles. The summed E-state index contributed by atoms with van der Waals surface area (Å²) < 4.78 is 27.8. The molecular formula is C34H47NO8. The van der Waals surface area contributed by atoms with Crippen LogP contribution in [0.3, 0.4) is 0 Å². The van der Waals surface area contributed by atoms with E-state index in [1.54, 1.807) is 32.4 Å². The minimum atomic E-state index is -0.622. The molecule has 0 saturated carbocycles. The molecule has 2 aromatic rings. The number of benzene rings is 2. The lowest BCUT2D eigenvalue weighted by Gasteiger charge is -2.29. The van der Waals surface area contributed by atoms with Crippen LogP contribution in [0.25, 0.3) is 0 Å². The van der Waals surface area contributed by atoms with Gasteiger partial charge >= 0.3 is 12.1 Å². The molecule has 1 aliphatic rings. The predicted molar refractivity (Wildman–Crippen MR) is 163 cm³/mol. The highest BCUT2D eigenvalue weighted by Crippen LogP contribution is 2.34. The Morgan fingerprint density at radius 3 is 2.40 bits per heavy atom. The van der Waals surface area contributed by atoms with Crippen molar-refractivity contribution in [3.8, 4) is 11.5 Å². The Balaban J connectivity index is 1.81. The third kappa shape index (κ3) is 10.3. The van der Waals surface area contributed by atoms with E-state index in [0.29, 0.717) is 55.5 Å². The minimum absolute atomic E-state index is 0.0612. The number of Topliss-reactive ketones (excluding diaryl/α,β-unsaturated/α-hetero) is 1. The summed E-state index contributed by atoms with van der Waals surface area (Å²) in [5, 5.41) is 2.94. The fourth-order valence-electron chi connectivity index (χ4n) is 5.40. The summed E-state index contributed by atoms with van der Waals surface area (Å²) >= 11 is 0. The zero-order chi connectivity index (χ0) is 31.4. The molecule has 0 aliphatic carbocycles. The van der Waals surface area contributed by atoms with Crippen LogP contribution in [0.5, 0.6) is 11.5 Å². The standard InChI is InChI=1S/C34H47NO8/c1-22(2)17-26-19-30(43-33(26)37)28(35-34(38)42-21-24-11-8-7-9-12-24)20-27(23(3)4)32(36)25-13-14-29(40-6)31(18-25)41-16-10-15-39-5/h7-9,11-14,18,22-23,26-28,30H,10,15-17,19-21H2,1-6H3,(H,35,38)/t26?,27-,28-,30-/m0/s1. The van der Waals surface area contributed by atoms with Crippen LogP contribution >= 0.6 is 0 Å². The first kappa shape index (κ1) is 33.9. The van der Waals surface area contributed by atoms with Gasteiger partial charge in [-0.2, -0.15) is 0 Å². The van der Waals surface area contributed by atoms with E-state index in [1.165, 1.54) is 0 Å². The van der Waals surface area contributed by atoms with Gasteiger partial charge in [-0.05, 0) is 54.9 Å². The van der Waals surface area contributed by atoms with Gasteiger partial charge in [-0.25, -0.2) is 4.79 Å². The normalized spacial score (nSPS) is 17.8. The number of ether oxygens (including phenoxy) is 5. The molecule has 4 atom stereocenters. The highest BCUT2D eigenvalue weighted by molar-refractivity contribution is 5.98. The van der Waals surface area contributed by atoms with Gasteiger partial charge in [-0.3, -0.25) is 9.59 Å². The summed E-state index contributed by atoms with van der Waals surface area (Å²) in [6.45, 7) is 9.15. The average molecular weight is 598 g/mol. The van der Waals surface area contributed by atoms with Crippen LogP contribution in [0.2, 0.25) is 0 Å². The maximum absolute atomic E-state index is 14.0. The summed E-state index contributed by atoms with van der Waals surface area (Å²) in [5.41, 5.74) is 1.33. The smallest absolute Gasteiger partial charge is 0.407 e. The summed E-state index contributed by atoms with van der Waals surface area (Å²) in [6, 6.07) is 13.9. The van der Waals surface area contributed by atoms with Crippen LogP contribution in [0.15, 0.2) is 48.5 Å². The van der Waals surface area contributed by atoms with Crippen molar-refractivity contribution in [2.75, 3.05) is 27.4 Å². The van der Waals surface area contributed by atoms with Gasteiger partial charge in [0, 0.05) is 31.6 Å². The lowest BCUT2D eigenvalue weighted by atomic mass is 9.81. The second-order valence-corrected chi connectivity index (χ2v) is 11.9. The molecule has 236 valence electrons. The van der Waals surface area contributed by atoms with Crippen molar-refractivity contribution in [3.63, 3.8) is 0 Å². The van der Waals surface area contributed by atoms with Crippen LogP contribution in [0.1, 0.15) is 69.3 Å². The number of hydrogen-bond donors (Lipinski definition) is 1. The lowest BCUT2D eigenvalue weighted by Crippen LogP contribution is -2.46. The van der Waals surface area contributed by atoms with Crippen LogP contribution in [-0.4, -0.2) is 57.4 Å². The lowest BCUT2D eigenvalue weighted by molar-refractivity contribution is -0.145. The van der Waals surface area contributed by atoms with Crippen LogP contribution in [-0.2, 0) is 25.6 Å². The number of cyclic esters (lactones) is 1. The zero-order valence-electron chi connectivity index (χ0n) is 26.3. The number of nitrogens with one attached hydrogen (secondary N) is 1. The summed E-state index contributed by atoms with van der Waals surface area (Å²) in [5.74, 6) is 0.197. The Morgan fingerprint density at radius 1 is 1.00 bits per heavy atom. The molecule has 9 nitrogen and oxygen atoms in total. The maximum Gasteiger partial charge on any atom is 0.407 e. The fourth-order valence-corrected chi connectivity index (χ4v) is 5.40. The number of alkyl carbamates (subject to hydrolysis) is 1. The molecule has 1 aliphatic heterocycles. The number of methoxy groups -OCH3 is 2. The van der Waals surface area contributed by atoms with Gasteiger partial charge in [0.25, 0.3) is 0 Å². The zero-order valence-corrected chi connectivity index (χ0v) is 26.3. The molecule has 2 aromatic carbocycles. The molecule has 1 saturated heterocycles. The van der Waals surface area contributed by atoms with Crippen molar-refractivity contribution in [1.82, 2.24) is 5.32 Å². The van der Waals surface area contributed by atoms with Gasteiger partial charge in [-0.1, -0.05) is 58.0 Å². The molecule has 9 heteroatoms. The minimum Gasteiger partial charge on any atom is -0.493 e. The third-order valence-electron chi connectivity index (χ3n) is 7.69. The predicted octanol–water partition coefficient (Wildman–Crippen LogP) is 6.23. The highest BCUT2D eigenvalue weighted by atomic mass is 16.6. The Morgan fingerprint density at radius 2 is 1.74 bits per heavy atom. The number of hydrogen-bond acceptors (Lipinski definition) is 8. The Bertz CT molecular complexity index is 1180. The van der Waals surface area contributed by atoms with Crippen LogP contribution in [0.4, 0.5) is 4.79 Å². The number of carbonyl (C=O) groups excluding carboxylic acids is 3. The molecular weight excluding hydrogens is 550 g/mol. The first-order valence-electron chi connectivity index (χ1n) is 15.1. The first-order chi connectivity index (χ1) is 20.6. The topological polar surface area (TPSA) is 109 Å². The third-order valence-corrected chi connectivity index (χ3v) is 7.69. The average Bonchev–Trinajstić information content (AvgIpc) is 3.35. The van der Waals surface area contributed by atoms with Gasteiger partial charge in [0.15, 0.2) is 17.3 Å². The van der Waals surface area contributed by atoms with E-state index in [1.807, 2.05) is 44.2 Å². The molecule has 1 unspecified atom stereocenters. The van der Waals surface area contributed by atoms with Gasteiger partial charge in [0.2, 0.25) is 0 Å². The number of ketones is 1. The van der Waals surface area contributed by atoms with E-state index in [2.05, 4.69) is 19.2 Å². The molecule has 1 N–H and O–H groups in total. The Hall–Kier alpha value is -3.59. The van der Waals surface area contributed by atoms with Gasteiger partial charge < -0.3 is 29.0 Å². The Kier molecular flexibility index (Phi) is 13.3. The van der Waals surface area contributed by atoms with Gasteiger partial charge in [0.1, 0.15) is 12.7 Å². The monoisotopic (exact) mass is 597 g/mol. The van der Waals surface area contributed by atoms with Crippen molar-refractivity contribution in [1.29, 1.82) is 0 Å². The van der Waals surface area contributed by atoms with E-state index >= 15 is 0 Å². The number of rotatable bonds is 17. The van der Waals surface area contributed by atoms with Gasteiger partial charge in [-0.15, -0.1) is 0 Å². The van der Waals surface area contributed by atoms with Gasteiger partial charge in [0.05, 0.1) is 25.7 Å². The van der Waals surface area contributed by atoms with Crippen molar-refractivity contribution in [2.24, 2.45) is 23.7 Å². The molecule has 43 heavy (non-hydrogen) atoms. The second-order valence-electron chi connectivity index (χ2n) is 11.9. The first-order valence-corrected chi connectivity index (χ1v) is 15.1. The summed E-state index contributed by atoms with van der Waals surface area (Å²) in [6.07, 6.45) is 0.957. The quantitative estimate of drug-likeness (QED) is 0.130. The molecule has 0 radical (unpaired) electrons. The van der Waals surface area contributed by atoms with Crippen molar-refractivity contribution in [3.05, 3.63) is 59.7 Å². The molecule has 0 aromatic heterocycles. The summed E-state index contributed by atoms with van der Waals surface area (Å²) in [7, 11) is 3.19. The summed E-state index contributed by atoms with van der Waals surface area (Å²) in [4.78, 5) is 39.7.